The molecule has 1 unspecified atom stereocenters. The Balaban J connectivity index is 1.78. The fraction of sp³-hybridized carbons (Fsp3) is 0.368. The highest BCUT2D eigenvalue weighted by Gasteiger charge is 2.26. The zero-order chi connectivity index (χ0) is 16.1. The number of aromatic nitrogens is 1. The van der Waals surface area contributed by atoms with Crippen molar-refractivity contribution in [3.63, 3.8) is 0 Å². The lowest BCUT2D eigenvalue weighted by Crippen LogP contribution is -2.35. The zero-order valence-corrected chi connectivity index (χ0v) is 14.7. The van der Waals surface area contributed by atoms with E-state index in [-0.39, 0.29) is 11.9 Å². The molecule has 0 radical (unpaired) electrons. The fourth-order valence-electron chi connectivity index (χ4n) is 3.22. The molecule has 4 heteroatoms. The smallest absolute Gasteiger partial charge is 0.227 e. The van der Waals surface area contributed by atoms with Crippen LogP contribution in [-0.4, -0.2) is 22.3 Å². The van der Waals surface area contributed by atoms with Crippen molar-refractivity contribution in [1.82, 2.24) is 9.88 Å². The van der Waals surface area contributed by atoms with Crippen LogP contribution in [0.3, 0.4) is 0 Å². The van der Waals surface area contributed by atoms with Gasteiger partial charge in [-0.25, -0.2) is 0 Å². The van der Waals surface area contributed by atoms with Gasteiger partial charge in [0.05, 0.1) is 12.5 Å². The van der Waals surface area contributed by atoms with Gasteiger partial charge < -0.3 is 4.90 Å². The van der Waals surface area contributed by atoms with Crippen LogP contribution in [0.5, 0.6) is 0 Å². The molecule has 1 aromatic heterocycles. The molecule has 0 N–H and O–H groups in total. The van der Waals surface area contributed by atoms with Crippen LogP contribution in [0.15, 0.2) is 53.3 Å². The Bertz CT molecular complexity index is 642. The first-order valence-electron chi connectivity index (χ1n) is 8.18. The van der Waals surface area contributed by atoms with Crippen LogP contribution in [0.2, 0.25) is 0 Å². The maximum atomic E-state index is 12.9. The van der Waals surface area contributed by atoms with Crippen LogP contribution < -0.4 is 0 Å². The summed E-state index contributed by atoms with van der Waals surface area (Å²) in [7, 11) is 0. The van der Waals surface area contributed by atoms with E-state index < -0.39 is 0 Å². The molecule has 2 aromatic rings. The Morgan fingerprint density at radius 3 is 2.57 bits per heavy atom. The van der Waals surface area contributed by atoms with E-state index in [2.05, 4.69) is 25.8 Å². The first-order chi connectivity index (χ1) is 11.2. The highest BCUT2D eigenvalue weighted by Crippen LogP contribution is 2.30. The molecule has 0 saturated carbocycles. The third-order valence-electron chi connectivity index (χ3n) is 4.43. The number of hydrogen-bond donors (Lipinski definition) is 0. The maximum Gasteiger partial charge on any atom is 0.227 e. The minimum Gasteiger partial charge on any atom is -0.335 e. The topological polar surface area (TPSA) is 33.2 Å². The van der Waals surface area contributed by atoms with Crippen molar-refractivity contribution in [2.75, 3.05) is 6.54 Å². The first-order valence-corrected chi connectivity index (χ1v) is 8.97. The van der Waals surface area contributed by atoms with Gasteiger partial charge in [-0.15, -0.1) is 0 Å². The molecule has 1 aromatic carbocycles. The van der Waals surface area contributed by atoms with Gasteiger partial charge in [-0.1, -0.05) is 40.9 Å². The maximum absolute atomic E-state index is 12.9. The number of carbonyl (C=O) groups is 1. The van der Waals surface area contributed by atoms with Gasteiger partial charge in [0.15, 0.2) is 0 Å². The second kappa shape index (κ2) is 7.73. The van der Waals surface area contributed by atoms with Crippen LogP contribution >= 0.6 is 15.9 Å². The molecule has 1 fully saturated rings. The average Bonchev–Trinajstić information content (AvgIpc) is 2.84. The van der Waals surface area contributed by atoms with E-state index in [0.29, 0.717) is 6.42 Å². The Labute approximate surface area is 145 Å². The molecule has 1 saturated heterocycles. The summed E-state index contributed by atoms with van der Waals surface area (Å²) >= 11 is 3.44. The van der Waals surface area contributed by atoms with Crippen LogP contribution in [0.25, 0.3) is 0 Å². The van der Waals surface area contributed by atoms with Crippen molar-refractivity contribution in [3.05, 3.63) is 64.4 Å². The molecule has 0 spiro atoms. The summed E-state index contributed by atoms with van der Waals surface area (Å²) in [5.41, 5.74) is 2.27. The molecule has 1 atom stereocenters. The molecule has 0 bridgehead atoms. The Morgan fingerprint density at radius 1 is 1.09 bits per heavy atom. The van der Waals surface area contributed by atoms with E-state index in [9.17, 15) is 4.79 Å². The lowest BCUT2D eigenvalue weighted by molar-refractivity contribution is -0.132. The summed E-state index contributed by atoms with van der Waals surface area (Å²) in [6.45, 7) is 0.850. The van der Waals surface area contributed by atoms with Gasteiger partial charge in [0.1, 0.15) is 0 Å². The highest BCUT2D eigenvalue weighted by molar-refractivity contribution is 9.10. The summed E-state index contributed by atoms with van der Waals surface area (Å²) in [6, 6.07) is 12.3. The minimum atomic E-state index is 0.184. The molecule has 3 nitrogen and oxygen atoms in total. The molecule has 1 aliphatic heterocycles. The van der Waals surface area contributed by atoms with E-state index >= 15 is 0 Å². The van der Waals surface area contributed by atoms with Crippen molar-refractivity contribution in [1.29, 1.82) is 0 Å². The van der Waals surface area contributed by atoms with Crippen molar-refractivity contribution in [2.45, 2.75) is 38.1 Å². The number of halogens is 1. The fourth-order valence-corrected chi connectivity index (χ4v) is 3.48. The lowest BCUT2D eigenvalue weighted by atomic mass is 10.0. The van der Waals surface area contributed by atoms with E-state index in [1.54, 1.807) is 0 Å². The van der Waals surface area contributed by atoms with Crippen molar-refractivity contribution in [2.24, 2.45) is 0 Å². The summed E-state index contributed by atoms with van der Waals surface area (Å²) in [6.07, 6.45) is 8.60. The average molecular weight is 373 g/mol. The number of pyridine rings is 1. The molecule has 23 heavy (non-hydrogen) atoms. The standard InChI is InChI=1S/C19H21BrN2O/c20-17-7-5-15(6-8-17)14-19(23)22-13-3-1-2-4-18(22)16-9-11-21-12-10-16/h5-12,18H,1-4,13-14H2. The second-order valence-electron chi connectivity index (χ2n) is 6.04. The monoisotopic (exact) mass is 372 g/mol. The summed E-state index contributed by atoms with van der Waals surface area (Å²) in [5, 5.41) is 0. The molecular weight excluding hydrogens is 352 g/mol. The predicted molar refractivity (Wildman–Crippen MR) is 95.0 cm³/mol. The van der Waals surface area contributed by atoms with Gasteiger partial charge in [-0.05, 0) is 48.2 Å². The summed E-state index contributed by atoms with van der Waals surface area (Å²) in [5.74, 6) is 0.219. The van der Waals surface area contributed by atoms with E-state index in [1.807, 2.05) is 48.8 Å². The number of nitrogens with zero attached hydrogens (tertiary/aromatic N) is 2. The van der Waals surface area contributed by atoms with Gasteiger partial charge in [0.25, 0.3) is 0 Å². The van der Waals surface area contributed by atoms with Crippen LogP contribution in [-0.2, 0) is 11.2 Å². The highest BCUT2D eigenvalue weighted by atomic mass is 79.9. The van der Waals surface area contributed by atoms with Crippen molar-refractivity contribution < 1.29 is 4.79 Å². The third-order valence-corrected chi connectivity index (χ3v) is 4.96. The van der Waals surface area contributed by atoms with Crippen LogP contribution in [0, 0.1) is 0 Å². The number of likely N-dealkylation sites (tertiary alicyclic amines) is 1. The molecule has 1 amide bonds. The number of hydrogen-bond acceptors (Lipinski definition) is 2. The lowest BCUT2D eigenvalue weighted by Gasteiger charge is -2.30. The Kier molecular flexibility index (Phi) is 5.44. The van der Waals surface area contributed by atoms with Gasteiger partial charge in [0.2, 0.25) is 5.91 Å². The zero-order valence-electron chi connectivity index (χ0n) is 13.1. The van der Waals surface area contributed by atoms with Crippen LogP contribution in [0.1, 0.15) is 42.9 Å². The quantitative estimate of drug-likeness (QED) is 0.792. The van der Waals surface area contributed by atoms with Gasteiger partial charge in [-0.2, -0.15) is 0 Å². The number of rotatable bonds is 3. The van der Waals surface area contributed by atoms with Gasteiger partial charge in [-0.3, -0.25) is 9.78 Å². The first kappa shape index (κ1) is 16.2. The second-order valence-corrected chi connectivity index (χ2v) is 6.95. The van der Waals surface area contributed by atoms with Crippen molar-refractivity contribution >= 4 is 21.8 Å². The van der Waals surface area contributed by atoms with E-state index in [0.717, 1.165) is 29.4 Å². The molecule has 120 valence electrons. The Morgan fingerprint density at radius 2 is 1.83 bits per heavy atom. The SMILES string of the molecule is O=C(Cc1ccc(Br)cc1)N1CCCCCC1c1ccncc1. The molecular formula is C19H21BrN2O. The molecule has 2 heterocycles. The van der Waals surface area contributed by atoms with E-state index in [4.69, 9.17) is 0 Å². The van der Waals surface area contributed by atoms with Gasteiger partial charge >= 0.3 is 0 Å². The summed E-state index contributed by atoms with van der Waals surface area (Å²) < 4.78 is 1.04. The minimum absolute atomic E-state index is 0.184. The number of benzene rings is 1. The summed E-state index contributed by atoms with van der Waals surface area (Å²) in [4.78, 5) is 19.1. The molecule has 3 rings (SSSR count). The predicted octanol–water partition coefficient (Wildman–Crippen LogP) is 4.53. The molecule has 1 aliphatic rings. The number of amides is 1. The number of carbonyl (C=O) groups excluding carboxylic acids is 1. The Hall–Kier alpha value is -1.68. The normalized spacial score (nSPS) is 18.5. The largest absolute Gasteiger partial charge is 0.335 e. The molecule has 0 aliphatic carbocycles. The van der Waals surface area contributed by atoms with Crippen molar-refractivity contribution in [3.8, 4) is 0 Å². The third kappa shape index (κ3) is 4.20. The van der Waals surface area contributed by atoms with E-state index in [1.165, 1.54) is 18.4 Å². The van der Waals surface area contributed by atoms with Gasteiger partial charge in [0, 0.05) is 23.4 Å². The van der Waals surface area contributed by atoms with Crippen LogP contribution in [0.4, 0.5) is 0 Å².